The molecule has 5 nitrogen and oxygen atoms in total. The van der Waals surface area contributed by atoms with E-state index in [0.717, 1.165) is 22.0 Å². The first-order chi connectivity index (χ1) is 11.5. The molecule has 1 aromatic carbocycles. The lowest BCUT2D eigenvalue weighted by Crippen LogP contribution is -2.34. The molecular formula is C18H20N2O3S. The van der Waals surface area contributed by atoms with E-state index in [-0.39, 0.29) is 5.91 Å². The number of ether oxygens (including phenoxy) is 2. The lowest BCUT2D eigenvalue weighted by molar-refractivity contribution is -0.124. The van der Waals surface area contributed by atoms with Crippen molar-refractivity contribution in [1.82, 2.24) is 10.3 Å². The Morgan fingerprint density at radius 2 is 2.21 bits per heavy atom. The molecule has 0 saturated heterocycles. The van der Waals surface area contributed by atoms with Gasteiger partial charge in [-0.15, -0.1) is 12.6 Å². The van der Waals surface area contributed by atoms with Gasteiger partial charge in [-0.1, -0.05) is 11.8 Å². The third-order valence-electron chi connectivity index (χ3n) is 3.22. The molecule has 1 unspecified atom stereocenters. The standard InChI is InChI=1S/C18H20N2O3S/c1-4-19-17(21)18(24)23-15-8-12(2)16-14(10-15)9-13(11-20-16)6-5-7-22-3/h8-11,18,24H,4,7H2,1-3H3,(H,19,21). The number of carbonyl (C=O) groups excluding carboxylic acids is 1. The van der Waals surface area contributed by atoms with Gasteiger partial charge in [0.2, 0.25) is 5.44 Å². The minimum absolute atomic E-state index is 0.268. The number of benzene rings is 1. The number of aromatic nitrogens is 1. The summed E-state index contributed by atoms with van der Waals surface area (Å²) < 4.78 is 10.5. The topological polar surface area (TPSA) is 60.5 Å². The summed E-state index contributed by atoms with van der Waals surface area (Å²) in [5.41, 5.74) is 1.75. The molecule has 1 atom stereocenters. The van der Waals surface area contributed by atoms with Crippen LogP contribution in [0.3, 0.4) is 0 Å². The number of fused-ring (bicyclic) bond motifs is 1. The highest BCUT2D eigenvalue weighted by molar-refractivity contribution is 7.81. The molecule has 1 N–H and O–H groups in total. The van der Waals surface area contributed by atoms with Crippen LogP contribution in [0.1, 0.15) is 18.1 Å². The Kier molecular flexibility index (Phi) is 6.47. The number of hydrogen-bond acceptors (Lipinski definition) is 5. The third-order valence-corrected chi connectivity index (χ3v) is 3.56. The molecule has 2 aromatic rings. The number of aryl methyl sites for hydroxylation is 1. The van der Waals surface area contributed by atoms with Crippen molar-refractivity contribution in [3.05, 3.63) is 35.5 Å². The number of rotatable bonds is 5. The highest BCUT2D eigenvalue weighted by Gasteiger charge is 2.15. The van der Waals surface area contributed by atoms with Crippen molar-refractivity contribution in [1.29, 1.82) is 0 Å². The van der Waals surface area contributed by atoms with Crippen LogP contribution < -0.4 is 10.1 Å². The fraction of sp³-hybridized carbons (Fsp3) is 0.333. The molecule has 0 radical (unpaired) electrons. The molecule has 24 heavy (non-hydrogen) atoms. The average Bonchev–Trinajstić information content (AvgIpc) is 2.55. The number of hydrogen-bond donors (Lipinski definition) is 2. The molecule has 126 valence electrons. The summed E-state index contributed by atoms with van der Waals surface area (Å²) in [6.07, 6.45) is 1.73. The Balaban J connectivity index is 2.29. The Morgan fingerprint density at radius 3 is 2.92 bits per heavy atom. The predicted molar refractivity (Wildman–Crippen MR) is 97.3 cm³/mol. The van der Waals surface area contributed by atoms with Crippen molar-refractivity contribution < 1.29 is 14.3 Å². The molecular weight excluding hydrogens is 324 g/mol. The van der Waals surface area contributed by atoms with Gasteiger partial charge < -0.3 is 14.8 Å². The Morgan fingerprint density at radius 1 is 1.42 bits per heavy atom. The molecule has 0 spiro atoms. The first kappa shape index (κ1) is 18.1. The van der Waals surface area contributed by atoms with Crippen LogP contribution in [0.5, 0.6) is 5.75 Å². The van der Waals surface area contributed by atoms with Crippen LogP contribution in [-0.2, 0) is 9.53 Å². The number of thiol groups is 1. The van der Waals surface area contributed by atoms with Gasteiger partial charge in [0, 0.05) is 30.8 Å². The molecule has 6 heteroatoms. The lowest BCUT2D eigenvalue weighted by Gasteiger charge is -2.14. The second kappa shape index (κ2) is 8.57. The van der Waals surface area contributed by atoms with Crippen LogP contribution in [0.2, 0.25) is 0 Å². The molecule has 1 heterocycles. The van der Waals surface area contributed by atoms with Gasteiger partial charge in [0.1, 0.15) is 12.4 Å². The number of methoxy groups -OCH3 is 1. The van der Waals surface area contributed by atoms with Gasteiger partial charge in [0.25, 0.3) is 5.91 Å². The van der Waals surface area contributed by atoms with E-state index in [2.05, 4.69) is 34.8 Å². The van der Waals surface area contributed by atoms with Crippen LogP contribution in [0.4, 0.5) is 0 Å². The number of nitrogens with zero attached hydrogens (tertiary/aromatic N) is 1. The van der Waals surface area contributed by atoms with E-state index < -0.39 is 5.44 Å². The minimum atomic E-state index is -0.862. The maximum atomic E-state index is 11.7. The summed E-state index contributed by atoms with van der Waals surface area (Å²) in [6, 6.07) is 5.61. The average molecular weight is 344 g/mol. The van der Waals surface area contributed by atoms with Crippen molar-refractivity contribution in [2.45, 2.75) is 19.3 Å². The van der Waals surface area contributed by atoms with Gasteiger partial charge in [0.05, 0.1) is 5.52 Å². The van der Waals surface area contributed by atoms with Gasteiger partial charge >= 0.3 is 0 Å². The van der Waals surface area contributed by atoms with Crippen molar-refractivity contribution in [3.8, 4) is 17.6 Å². The Bertz CT molecular complexity index is 796. The molecule has 0 aliphatic rings. The monoisotopic (exact) mass is 344 g/mol. The molecule has 1 amide bonds. The fourth-order valence-electron chi connectivity index (χ4n) is 2.19. The summed E-state index contributed by atoms with van der Waals surface area (Å²) in [5, 5.41) is 3.57. The zero-order valence-corrected chi connectivity index (χ0v) is 14.8. The van der Waals surface area contributed by atoms with Crippen molar-refractivity contribution >= 4 is 29.4 Å². The summed E-state index contributed by atoms with van der Waals surface area (Å²) in [6.45, 7) is 4.69. The molecule has 0 fully saturated rings. The number of amides is 1. The lowest BCUT2D eigenvalue weighted by atomic mass is 10.1. The number of likely N-dealkylation sites (N-methyl/N-ethyl adjacent to an activating group) is 1. The van der Waals surface area contributed by atoms with Crippen molar-refractivity contribution in [2.24, 2.45) is 0 Å². The van der Waals surface area contributed by atoms with E-state index in [1.807, 2.05) is 32.0 Å². The SMILES string of the molecule is CCNC(=O)C(S)Oc1cc(C)c2ncc(C#CCOC)cc2c1. The van der Waals surface area contributed by atoms with E-state index in [1.165, 1.54) is 0 Å². The van der Waals surface area contributed by atoms with Gasteiger partial charge in [0.15, 0.2) is 0 Å². The molecule has 2 rings (SSSR count). The number of pyridine rings is 1. The first-order valence-electron chi connectivity index (χ1n) is 7.55. The van der Waals surface area contributed by atoms with Crippen molar-refractivity contribution in [2.75, 3.05) is 20.3 Å². The zero-order valence-electron chi connectivity index (χ0n) is 13.9. The normalized spacial score (nSPS) is 11.5. The van der Waals surface area contributed by atoms with Crippen LogP contribution >= 0.6 is 12.6 Å². The molecule has 1 aromatic heterocycles. The predicted octanol–water partition coefficient (Wildman–Crippen LogP) is 2.31. The van der Waals surface area contributed by atoms with E-state index in [9.17, 15) is 4.79 Å². The third kappa shape index (κ3) is 4.63. The number of carbonyl (C=O) groups is 1. The minimum Gasteiger partial charge on any atom is -0.470 e. The van der Waals surface area contributed by atoms with Gasteiger partial charge in [-0.25, -0.2) is 0 Å². The van der Waals surface area contributed by atoms with E-state index in [4.69, 9.17) is 9.47 Å². The summed E-state index contributed by atoms with van der Waals surface area (Å²) in [5.74, 6) is 6.19. The maximum Gasteiger partial charge on any atom is 0.271 e. The Labute approximate surface area is 147 Å². The molecule has 0 aliphatic heterocycles. The second-order valence-electron chi connectivity index (χ2n) is 5.14. The number of nitrogens with one attached hydrogen (secondary N) is 1. The van der Waals surface area contributed by atoms with Crippen LogP contribution in [0.25, 0.3) is 10.9 Å². The van der Waals surface area contributed by atoms with E-state index in [0.29, 0.717) is 18.9 Å². The Hall–Kier alpha value is -2.23. The summed E-state index contributed by atoms with van der Waals surface area (Å²) in [4.78, 5) is 16.2. The van der Waals surface area contributed by atoms with Crippen LogP contribution in [0.15, 0.2) is 24.4 Å². The maximum absolute atomic E-state index is 11.7. The van der Waals surface area contributed by atoms with Gasteiger partial charge in [-0.2, -0.15) is 0 Å². The van der Waals surface area contributed by atoms with Crippen molar-refractivity contribution in [3.63, 3.8) is 0 Å². The van der Waals surface area contributed by atoms with Gasteiger partial charge in [-0.05, 0) is 37.6 Å². The van der Waals surface area contributed by atoms with Crippen LogP contribution in [0, 0.1) is 18.8 Å². The molecule has 0 aliphatic carbocycles. The summed E-state index contributed by atoms with van der Waals surface area (Å²) >= 11 is 4.19. The first-order valence-corrected chi connectivity index (χ1v) is 8.07. The smallest absolute Gasteiger partial charge is 0.271 e. The largest absolute Gasteiger partial charge is 0.470 e. The molecule has 0 bridgehead atoms. The fourth-order valence-corrected chi connectivity index (χ4v) is 2.40. The summed E-state index contributed by atoms with van der Waals surface area (Å²) in [7, 11) is 1.60. The quantitative estimate of drug-likeness (QED) is 0.496. The van der Waals surface area contributed by atoms with Crippen LogP contribution in [-0.4, -0.2) is 36.6 Å². The second-order valence-corrected chi connectivity index (χ2v) is 5.60. The van der Waals surface area contributed by atoms with E-state index in [1.54, 1.807) is 13.3 Å². The van der Waals surface area contributed by atoms with Gasteiger partial charge in [-0.3, -0.25) is 9.78 Å². The van der Waals surface area contributed by atoms with E-state index >= 15 is 0 Å². The molecule has 0 saturated carbocycles. The zero-order chi connectivity index (χ0) is 17.5. The highest BCUT2D eigenvalue weighted by atomic mass is 32.1. The highest BCUT2D eigenvalue weighted by Crippen LogP contribution is 2.25.